The van der Waals surface area contributed by atoms with E-state index in [1.54, 1.807) is 43.8 Å². The van der Waals surface area contributed by atoms with E-state index in [1.165, 1.54) is 5.56 Å². The second-order valence-corrected chi connectivity index (χ2v) is 8.19. The highest BCUT2D eigenvalue weighted by atomic mass is 32.1. The van der Waals surface area contributed by atoms with Gasteiger partial charge in [0.1, 0.15) is 5.82 Å². The van der Waals surface area contributed by atoms with Gasteiger partial charge in [0.15, 0.2) is 11.5 Å². The van der Waals surface area contributed by atoms with E-state index < -0.39 is 0 Å². The third kappa shape index (κ3) is 4.27. The highest BCUT2D eigenvalue weighted by Gasteiger charge is 2.22. The quantitative estimate of drug-likeness (QED) is 0.611. The van der Waals surface area contributed by atoms with Gasteiger partial charge in [-0.3, -0.25) is 4.79 Å². The Bertz CT molecular complexity index is 1140. The van der Waals surface area contributed by atoms with Gasteiger partial charge in [-0.15, -0.1) is 11.3 Å². The smallest absolute Gasteiger partial charge is 0.246 e. The fourth-order valence-electron chi connectivity index (χ4n) is 3.54. The largest absolute Gasteiger partial charge is 0.493 e. The molecule has 1 aromatic carbocycles. The molecule has 0 unspecified atom stereocenters. The zero-order valence-corrected chi connectivity index (χ0v) is 18.6. The second kappa shape index (κ2) is 8.81. The van der Waals surface area contributed by atoms with E-state index in [2.05, 4.69) is 16.0 Å². The van der Waals surface area contributed by atoms with Crippen LogP contribution in [0.5, 0.6) is 11.5 Å². The maximum absolute atomic E-state index is 12.6. The normalized spacial score (nSPS) is 14.4. The molecular formula is C22H25N5O3S. The van der Waals surface area contributed by atoms with E-state index >= 15 is 0 Å². The van der Waals surface area contributed by atoms with E-state index in [4.69, 9.17) is 15.2 Å². The maximum atomic E-state index is 12.6. The molecule has 1 fully saturated rings. The molecule has 1 amide bonds. The van der Waals surface area contributed by atoms with Gasteiger partial charge in [0.25, 0.3) is 0 Å². The first-order chi connectivity index (χ1) is 15.0. The summed E-state index contributed by atoms with van der Waals surface area (Å²) in [6.45, 7) is 4.51. The zero-order valence-electron chi connectivity index (χ0n) is 17.8. The maximum Gasteiger partial charge on any atom is 0.246 e. The lowest BCUT2D eigenvalue weighted by molar-refractivity contribution is -0.126. The molecule has 4 rings (SSSR count). The average molecular weight is 440 g/mol. The number of hydrogen-bond donors (Lipinski definition) is 1. The molecule has 0 atom stereocenters. The minimum atomic E-state index is 0.0169. The molecule has 1 saturated heterocycles. The van der Waals surface area contributed by atoms with Crippen LogP contribution in [0, 0.1) is 6.92 Å². The number of fused-ring (bicyclic) bond motifs is 1. The molecule has 1 aliphatic rings. The number of amides is 1. The van der Waals surface area contributed by atoms with Gasteiger partial charge in [-0.1, -0.05) is 0 Å². The lowest BCUT2D eigenvalue weighted by Gasteiger charge is -2.34. The van der Waals surface area contributed by atoms with Crippen molar-refractivity contribution in [3.63, 3.8) is 0 Å². The fourth-order valence-corrected chi connectivity index (χ4v) is 4.36. The number of aromatic nitrogens is 2. The predicted octanol–water partition coefficient (Wildman–Crippen LogP) is 2.96. The summed E-state index contributed by atoms with van der Waals surface area (Å²) in [5.74, 6) is 2.12. The number of carbonyl (C=O) groups excluding carboxylic acids is 1. The summed E-state index contributed by atoms with van der Waals surface area (Å²) in [4.78, 5) is 26.7. The molecule has 0 spiro atoms. The molecule has 0 aliphatic carbocycles. The molecule has 1 aliphatic heterocycles. The minimum Gasteiger partial charge on any atom is -0.493 e. The molecule has 0 bridgehead atoms. The number of aryl methyl sites for hydroxylation is 1. The van der Waals surface area contributed by atoms with Crippen LogP contribution in [0.4, 0.5) is 11.8 Å². The number of nitrogens with two attached hydrogens (primary N) is 1. The van der Waals surface area contributed by atoms with Gasteiger partial charge in [-0.05, 0) is 36.1 Å². The summed E-state index contributed by atoms with van der Waals surface area (Å²) in [5, 5.41) is 2.74. The number of thiophene rings is 1. The van der Waals surface area contributed by atoms with Crippen molar-refractivity contribution in [2.75, 3.05) is 51.0 Å². The van der Waals surface area contributed by atoms with Gasteiger partial charge in [0, 0.05) is 48.6 Å². The third-order valence-electron chi connectivity index (χ3n) is 5.37. The van der Waals surface area contributed by atoms with Crippen molar-refractivity contribution in [2.45, 2.75) is 6.92 Å². The summed E-state index contributed by atoms with van der Waals surface area (Å²) >= 11 is 1.63. The molecule has 9 heteroatoms. The number of piperazine rings is 1. The molecule has 2 aromatic heterocycles. The van der Waals surface area contributed by atoms with Crippen molar-refractivity contribution in [1.82, 2.24) is 14.9 Å². The van der Waals surface area contributed by atoms with E-state index in [1.807, 2.05) is 28.2 Å². The number of benzene rings is 1. The van der Waals surface area contributed by atoms with Crippen LogP contribution >= 0.6 is 11.3 Å². The molecule has 162 valence electrons. The van der Waals surface area contributed by atoms with E-state index in [9.17, 15) is 4.79 Å². The molecular weight excluding hydrogens is 414 g/mol. The molecule has 2 N–H and O–H groups in total. The van der Waals surface area contributed by atoms with Crippen LogP contribution in [0.15, 0.2) is 29.7 Å². The Kier molecular flexibility index (Phi) is 5.94. The number of ether oxygens (including phenoxy) is 2. The average Bonchev–Trinajstić information content (AvgIpc) is 3.21. The lowest BCUT2D eigenvalue weighted by atomic mass is 10.2. The number of carbonyl (C=O) groups is 1. The molecule has 8 nitrogen and oxygen atoms in total. The minimum absolute atomic E-state index is 0.0169. The van der Waals surface area contributed by atoms with Gasteiger partial charge < -0.3 is 25.0 Å². The Morgan fingerprint density at radius 2 is 1.84 bits per heavy atom. The lowest BCUT2D eigenvalue weighted by Crippen LogP contribution is -2.48. The zero-order chi connectivity index (χ0) is 22.0. The number of methoxy groups -OCH3 is 2. The van der Waals surface area contributed by atoms with Gasteiger partial charge >= 0.3 is 0 Å². The van der Waals surface area contributed by atoms with Crippen molar-refractivity contribution in [1.29, 1.82) is 0 Å². The predicted molar refractivity (Wildman–Crippen MR) is 124 cm³/mol. The Hall–Kier alpha value is -3.33. The van der Waals surface area contributed by atoms with E-state index in [0.717, 1.165) is 4.88 Å². The van der Waals surface area contributed by atoms with Crippen molar-refractivity contribution >= 4 is 46.0 Å². The van der Waals surface area contributed by atoms with Crippen LogP contribution in [-0.4, -0.2) is 61.2 Å². The first-order valence-corrected chi connectivity index (χ1v) is 10.8. The number of rotatable bonds is 5. The van der Waals surface area contributed by atoms with Crippen LogP contribution in [-0.2, 0) is 4.79 Å². The Labute approximate surface area is 184 Å². The number of nitrogen functional groups attached to an aromatic ring is 1. The Morgan fingerprint density at radius 1 is 1.13 bits per heavy atom. The summed E-state index contributed by atoms with van der Waals surface area (Å²) < 4.78 is 10.7. The van der Waals surface area contributed by atoms with E-state index in [0.29, 0.717) is 60.3 Å². The second-order valence-electron chi connectivity index (χ2n) is 7.25. The van der Waals surface area contributed by atoms with Crippen LogP contribution in [0.3, 0.4) is 0 Å². The standard InChI is InChI=1S/C22H25N5O3S/c1-14-6-11-31-19(14)4-5-20(28)26-7-9-27(10-8-26)22-24-16-13-18(30-3)17(29-2)12-15(16)21(23)25-22/h4-6,11-13H,7-10H2,1-3H3,(H2,23,24,25)/b5-4+. The first-order valence-electron chi connectivity index (χ1n) is 9.95. The van der Waals surface area contributed by atoms with Crippen molar-refractivity contribution in [3.8, 4) is 11.5 Å². The van der Waals surface area contributed by atoms with Gasteiger partial charge in [0.05, 0.1) is 19.7 Å². The van der Waals surface area contributed by atoms with Crippen LogP contribution in [0.1, 0.15) is 10.4 Å². The highest BCUT2D eigenvalue weighted by molar-refractivity contribution is 7.11. The van der Waals surface area contributed by atoms with Crippen LogP contribution in [0.25, 0.3) is 17.0 Å². The summed E-state index contributed by atoms with van der Waals surface area (Å²) in [5.41, 5.74) is 8.07. The SMILES string of the molecule is COc1cc2nc(N3CCN(C(=O)/C=C/c4sccc4C)CC3)nc(N)c2cc1OC. The topological polar surface area (TPSA) is 93.8 Å². The van der Waals surface area contributed by atoms with Crippen molar-refractivity contribution < 1.29 is 14.3 Å². The number of anilines is 2. The van der Waals surface area contributed by atoms with Gasteiger partial charge in [-0.2, -0.15) is 4.98 Å². The fraction of sp³-hybridized carbons (Fsp3) is 0.318. The first kappa shape index (κ1) is 20.9. The summed E-state index contributed by atoms with van der Waals surface area (Å²) in [6.07, 6.45) is 3.54. The third-order valence-corrected chi connectivity index (χ3v) is 6.36. The summed E-state index contributed by atoms with van der Waals surface area (Å²) in [6, 6.07) is 5.63. The molecule has 31 heavy (non-hydrogen) atoms. The molecule has 3 heterocycles. The highest BCUT2D eigenvalue weighted by Crippen LogP contribution is 2.34. The van der Waals surface area contributed by atoms with Crippen LogP contribution in [0.2, 0.25) is 0 Å². The summed E-state index contributed by atoms with van der Waals surface area (Å²) in [7, 11) is 3.16. The number of nitrogens with zero attached hydrogens (tertiary/aromatic N) is 4. The van der Waals surface area contributed by atoms with Crippen molar-refractivity contribution in [2.24, 2.45) is 0 Å². The van der Waals surface area contributed by atoms with Crippen LogP contribution < -0.4 is 20.1 Å². The molecule has 0 saturated carbocycles. The van der Waals surface area contributed by atoms with E-state index in [-0.39, 0.29) is 5.91 Å². The molecule has 0 radical (unpaired) electrons. The molecule has 3 aromatic rings. The number of hydrogen-bond acceptors (Lipinski definition) is 8. The van der Waals surface area contributed by atoms with Crippen molar-refractivity contribution in [3.05, 3.63) is 40.1 Å². The monoisotopic (exact) mass is 439 g/mol. The Balaban J connectivity index is 1.47. The van der Waals surface area contributed by atoms with Gasteiger partial charge in [0.2, 0.25) is 11.9 Å². The Morgan fingerprint density at radius 3 is 2.48 bits per heavy atom. The van der Waals surface area contributed by atoms with Gasteiger partial charge in [-0.25, -0.2) is 4.98 Å².